The number of rotatable bonds is 6. The fraction of sp³-hybridized carbons (Fsp3) is 0.625. The van der Waals surface area contributed by atoms with Crippen LogP contribution in [0.25, 0.3) is 0 Å². The minimum atomic E-state index is -0.910. The van der Waals surface area contributed by atoms with E-state index in [0.717, 1.165) is 31.9 Å². The van der Waals surface area contributed by atoms with E-state index in [2.05, 4.69) is 19.2 Å². The molecule has 0 bridgehead atoms. The molecule has 1 saturated heterocycles. The van der Waals surface area contributed by atoms with Crippen molar-refractivity contribution < 1.29 is 13.5 Å². The molecular formula is C16H22ClF2NO. The van der Waals surface area contributed by atoms with Crippen molar-refractivity contribution in [3.05, 3.63) is 34.4 Å². The number of ether oxygens (including phenoxy) is 1. The van der Waals surface area contributed by atoms with Gasteiger partial charge in [0.15, 0.2) is 11.6 Å². The average molecular weight is 318 g/mol. The normalized spacial score (nSPS) is 23.5. The highest BCUT2D eigenvalue weighted by Crippen LogP contribution is 2.38. The topological polar surface area (TPSA) is 21.3 Å². The quantitative estimate of drug-likeness (QED) is 0.781. The Bertz CT molecular complexity index is 484. The third-order valence-electron chi connectivity index (χ3n) is 4.08. The number of hydrogen-bond donors (Lipinski definition) is 1. The van der Waals surface area contributed by atoms with E-state index < -0.39 is 11.6 Å². The molecule has 21 heavy (non-hydrogen) atoms. The minimum Gasteiger partial charge on any atom is -0.378 e. The third kappa shape index (κ3) is 3.74. The van der Waals surface area contributed by atoms with Crippen molar-refractivity contribution in [2.45, 2.75) is 45.3 Å². The van der Waals surface area contributed by atoms with E-state index in [1.54, 1.807) is 0 Å². The SMILES string of the molecule is CCCNC(c1cc(F)c(F)cc1Cl)C1CCOC1CC. The molecule has 0 amide bonds. The fourth-order valence-electron chi connectivity index (χ4n) is 3.03. The van der Waals surface area contributed by atoms with E-state index in [0.29, 0.717) is 12.2 Å². The molecule has 3 unspecified atom stereocenters. The Morgan fingerprint density at radius 2 is 2.05 bits per heavy atom. The second kappa shape index (κ2) is 7.52. The highest BCUT2D eigenvalue weighted by molar-refractivity contribution is 6.31. The molecule has 0 aromatic heterocycles. The standard InChI is InChI=1S/C16H22ClF2NO/c1-3-6-20-16(10-5-7-21-15(10)4-2)11-8-13(18)14(19)9-12(11)17/h8-10,15-16,20H,3-7H2,1-2H3. The van der Waals surface area contributed by atoms with Crippen LogP contribution in [0.4, 0.5) is 8.78 Å². The van der Waals surface area contributed by atoms with Gasteiger partial charge in [-0.2, -0.15) is 0 Å². The van der Waals surface area contributed by atoms with Crippen molar-refractivity contribution in [1.82, 2.24) is 5.32 Å². The summed E-state index contributed by atoms with van der Waals surface area (Å²) in [4.78, 5) is 0. The second-order valence-corrected chi connectivity index (χ2v) is 5.90. The summed E-state index contributed by atoms with van der Waals surface area (Å²) >= 11 is 6.16. The lowest BCUT2D eigenvalue weighted by molar-refractivity contribution is 0.0773. The van der Waals surface area contributed by atoms with Crippen LogP contribution in [0.3, 0.4) is 0 Å². The van der Waals surface area contributed by atoms with Gasteiger partial charge in [-0.25, -0.2) is 8.78 Å². The summed E-state index contributed by atoms with van der Waals surface area (Å²) < 4.78 is 32.6. The average Bonchev–Trinajstić information content (AvgIpc) is 2.93. The van der Waals surface area contributed by atoms with Gasteiger partial charge in [-0.3, -0.25) is 0 Å². The van der Waals surface area contributed by atoms with Crippen LogP contribution in [0.1, 0.15) is 44.7 Å². The van der Waals surface area contributed by atoms with Gasteiger partial charge >= 0.3 is 0 Å². The summed E-state index contributed by atoms with van der Waals surface area (Å²) in [5.74, 6) is -1.54. The summed E-state index contributed by atoms with van der Waals surface area (Å²) in [5.41, 5.74) is 0.623. The van der Waals surface area contributed by atoms with Crippen molar-refractivity contribution in [3.8, 4) is 0 Å². The van der Waals surface area contributed by atoms with Gasteiger partial charge in [-0.1, -0.05) is 25.4 Å². The second-order valence-electron chi connectivity index (χ2n) is 5.49. The Morgan fingerprint density at radius 1 is 1.33 bits per heavy atom. The first kappa shape index (κ1) is 16.7. The first-order valence-electron chi connectivity index (χ1n) is 7.57. The van der Waals surface area contributed by atoms with E-state index >= 15 is 0 Å². The largest absolute Gasteiger partial charge is 0.378 e. The lowest BCUT2D eigenvalue weighted by Gasteiger charge is -2.29. The van der Waals surface area contributed by atoms with Crippen LogP contribution in [0.5, 0.6) is 0 Å². The molecule has 0 radical (unpaired) electrons. The lowest BCUT2D eigenvalue weighted by Crippen LogP contribution is -2.33. The molecule has 118 valence electrons. The molecule has 1 heterocycles. The van der Waals surface area contributed by atoms with Crippen molar-refractivity contribution >= 4 is 11.6 Å². The molecule has 2 rings (SSSR count). The summed E-state index contributed by atoms with van der Waals surface area (Å²) in [6.45, 7) is 5.65. The Hall–Kier alpha value is -0.710. The first-order chi connectivity index (χ1) is 10.1. The minimum absolute atomic E-state index is 0.111. The van der Waals surface area contributed by atoms with E-state index in [4.69, 9.17) is 16.3 Å². The van der Waals surface area contributed by atoms with Gasteiger partial charge in [0.1, 0.15) is 0 Å². The van der Waals surface area contributed by atoms with Gasteiger partial charge in [0.25, 0.3) is 0 Å². The van der Waals surface area contributed by atoms with Crippen LogP contribution in [0.15, 0.2) is 12.1 Å². The highest BCUT2D eigenvalue weighted by atomic mass is 35.5. The van der Waals surface area contributed by atoms with Crippen molar-refractivity contribution in [3.63, 3.8) is 0 Å². The van der Waals surface area contributed by atoms with Gasteiger partial charge in [-0.05, 0) is 43.5 Å². The van der Waals surface area contributed by atoms with Crippen LogP contribution < -0.4 is 5.32 Å². The number of benzene rings is 1. The molecular weight excluding hydrogens is 296 g/mol. The van der Waals surface area contributed by atoms with Gasteiger partial charge in [0, 0.05) is 23.6 Å². The zero-order chi connectivity index (χ0) is 15.4. The Kier molecular flexibility index (Phi) is 5.97. The number of nitrogens with one attached hydrogen (secondary N) is 1. The molecule has 1 aromatic carbocycles. The van der Waals surface area contributed by atoms with Crippen molar-refractivity contribution in [1.29, 1.82) is 0 Å². The molecule has 1 N–H and O–H groups in total. The van der Waals surface area contributed by atoms with Gasteiger partial charge < -0.3 is 10.1 Å². The molecule has 1 fully saturated rings. The Morgan fingerprint density at radius 3 is 2.71 bits per heavy atom. The zero-order valence-corrected chi connectivity index (χ0v) is 13.2. The Labute approximate surface area is 129 Å². The van der Waals surface area contributed by atoms with E-state index in [-0.39, 0.29) is 23.1 Å². The van der Waals surface area contributed by atoms with Crippen LogP contribution in [-0.4, -0.2) is 19.3 Å². The highest BCUT2D eigenvalue weighted by Gasteiger charge is 2.35. The van der Waals surface area contributed by atoms with E-state index in [9.17, 15) is 8.78 Å². The summed E-state index contributed by atoms with van der Waals surface area (Å²) in [6.07, 6.45) is 2.89. The van der Waals surface area contributed by atoms with Gasteiger partial charge in [0.05, 0.1) is 6.10 Å². The van der Waals surface area contributed by atoms with Crippen LogP contribution >= 0.6 is 11.6 Å². The molecule has 1 aliphatic heterocycles. The first-order valence-corrected chi connectivity index (χ1v) is 7.95. The van der Waals surface area contributed by atoms with Gasteiger partial charge in [-0.15, -0.1) is 0 Å². The predicted molar refractivity (Wildman–Crippen MR) is 80.5 cm³/mol. The fourth-order valence-corrected chi connectivity index (χ4v) is 3.30. The molecule has 3 atom stereocenters. The molecule has 5 heteroatoms. The molecule has 0 saturated carbocycles. The van der Waals surface area contributed by atoms with Crippen molar-refractivity contribution in [2.24, 2.45) is 5.92 Å². The van der Waals surface area contributed by atoms with Gasteiger partial charge in [0.2, 0.25) is 0 Å². The number of halogens is 3. The maximum Gasteiger partial charge on any atom is 0.160 e. The molecule has 0 aliphatic carbocycles. The number of hydrogen-bond acceptors (Lipinski definition) is 2. The van der Waals surface area contributed by atoms with Crippen LogP contribution in [0.2, 0.25) is 5.02 Å². The van der Waals surface area contributed by atoms with E-state index in [1.165, 1.54) is 6.07 Å². The molecule has 2 nitrogen and oxygen atoms in total. The molecule has 0 spiro atoms. The Balaban J connectivity index is 2.33. The zero-order valence-electron chi connectivity index (χ0n) is 12.5. The summed E-state index contributed by atoms with van der Waals surface area (Å²) in [7, 11) is 0. The maximum atomic E-state index is 13.6. The maximum absolute atomic E-state index is 13.6. The smallest absolute Gasteiger partial charge is 0.160 e. The summed E-state index contributed by atoms with van der Waals surface area (Å²) in [5, 5.41) is 3.69. The third-order valence-corrected chi connectivity index (χ3v) is 4.41. The van der Waals surface area contributed by atoms with Crippen LogP contribution in [-0.2, 0) is 4.74 Å². The predicted octanol–water partition coefficient (Wildman–Crippen LogP) is 4.47. The lowest BCUT2D eigenvalue weighted by atomic mass is 9.86. The molecule has 1 aromatic rings. The summed E-state index contributed by atoms with van der Waals surface area (Å²) in [6, 6.07) is 2.17. The van der Waals surface area contributed by atoms with E-state index in [1.807, 2.05) is 0 Å². The monoisotopic (exact) mass is 317 g/mol. The van der Waals surface area contributed by atoms with Crippen LogP contribution in [0, 0.1) is 17.6 Å². The van der Waals surface area contributed by atoms with Crippen molar-refractivity contribution in [2.75, 3.05) is 13.2 Å². The molecule has 1 aliphatic rings.